The number of hydrogen-bond acceptors (Lipinski definition) is 6. The Morgan fingerprint density at radius 2 is 1.81 bits per heavy atom. The molecule has 0 rings (SSSR count). The van der Waals surface area contributed by atoms with Gasteiger partial charge in [-0.25, -0.2) is 11.4 Å². The topological polar surface area (TPSA) is 112 Å². The molecule has 0 saturated heterocycles. The Labute approximate surface area is 93.3 Å². The van der Waals surface area contributed by atoms with E-state index in [0.717, 1.165) is 0 Å². The summed E-state index contributed by atoms with van der Waals surface area (Å²) in [4.78, 5) is 30.7. The first kappa shape index (κ1) is 14.8. The van der Waals surface area contributed by atoms with Gasteiger partial charge in [-0.05, 0) is 0 Å². The summed E-state index contributed by atoms with van der Waals surface area (Å²) in [5.74, 6) is 3.88. The molecule has 0 aromatic heterocycles. The molecule has 8 nitrogen and oxygen atoms in total. The van der Waals surface area contributed by atoms with E-state index < -0.39 is 5.91 Å². The summed E-state index contributed by atoms with van der Waals surface area (Å²) in [5, 5.41) is 2.31. The lowest BCUT2D eigenvalue weighted by molar-refractivity contribution is -0.138. The van der Waals surface area contributed by atoms with E-state index in [1.807, 2.05) is 0 Å². The third-order valence-corrected chi connectivity index (χ3v) is 1.46. The maximum absolute atomic E-state index is 11.0. The van der Waals surface area contributed by atoms with Gasteiger partial charge in [-0.15, -0.1) is 0 Å². The van der Waals surface area contributed by atoms with E-state index in [2.05, 4.69) is 15.6 Å². The van der Waals surface area contributed by atoms with Crippen LogP contribution in [0.1, 0.15) is 6.42 Å². The minimum atomic E-state index is -0.510. The number of amides is 2. The van der Waals surface area contributed by atoms with Crippen molar-refractivity contribution in [2.75, 3.05) is 33.5 Å². The fourth-order valence-corrected chi connectivity index (χ4v) is 0.712. The molecule has 4 N–H and O–H groups in total. The van der Waals surface area contributed by atoms with E-state index >= 15 is 0 Å². The summed E-state index contributed by atoms with van der Waals surface area (Å²) in [6.07, 6.45) is -0.266. The summed E-state index contributed by atoms with van der Waals surface area (Å²) in [6.45, 7) is 1.13. The number of hydroxylamine groups is 1. The third kappa shape index (κ3) is 9.34. The van der Waals surface area contributed by atoms with E-state index in [-0.39, 0.29) is 18.9 Å². The van der Waals surface area contributed by atoms with Gasteiger partial charge in [0.25, 0.3) is 5.91 Å². The van der Waals surface area contributed by atoms with Crippen molar-refractivity contribution < 1.29 is 24.0 Å². The molecule has 0 radical (unpaired) electrons. The van der Waals surface area contributed by atoms with Crippen molar-refractivity contribution in [2.45, 2.75) is 6.42 Å². The zero-order valence-corrected chi connectivity index (χ0v) is 9.15. The molecular formula is C8H17N3O5. The number of rotatable bonds is 9. The average Bonchev–Trinajstić information content (AvgIpc) is 2.27. The van der Waals surface area contributed by atoms with Crippen LogP contribution in [0.3, 0.4) is 0 Å². The van der Waals surface area contributed by atoms with Crippen LogP contribution in [-0.4, -0.2) is 45.3 Å². The van der Waals surface area contributed by atoms with Crippen LogP contribution in [0, 0.1) is 0 Å². The Balaban J connectivity index is 3.24. The Hall–Kier alpha value is -1.22. The molecule has 0 aliphatic heterocycles. The Morgan fingerprint density at radius 3 is 2.44 bits per heavy atom. The quantitative estimate of drug-likeness (QED) is 0.244. The predicted octanol–water partition coefficient (Wildman–Crippen LogP) is -1.92. The van der Waals surface area contributed by atoms with Crippen molar-refractivity contribution >= 4 is 11.8 Å². The third-order valence-electron chi connectivity index (χ3n) is 1.46. The molecule has 0 aliphatic rings. The highest BCUT2D eigenvalue weighted by Crippen LogP contribution is 1.81. The molecular weight excluding hydrogens is 218 g/mol. The van der Waals surface area contributed by atoms with Gasteiger partial charge in [0.05, 0.1) is 26.4 Å². The zero-order valence-electron chi connectivity index (χ0n) is 9.15. The van der Waals surface area contributed by atoms with E-state index in [9.17, 15) is 9.59 Å². The molecule has 0 heterocycles. The van der Waals surface area contributed by atoms with Gasteiger partial charge in [0, 0.05) is 7.05 Å². The van der Waals surface area contributed by atoms with Gasteiger partial charge in [-0.1, -0.05) is 0 Å². The van der Waals surface area contributed by atoms with Crippen LogP contribution >= 0.6 is 0 Å². The first-order valence-electron chi connectivity index (χ1n) is 4.71. The second-order valence-corrected chi connectivity index (χ2v) is 2.71. The van der Waals surface area contributed by atoms with Gasteiger partial charge < -0.3 is 14.9 Å². The number of carbonyl (C=O) groups is 2. The molecule has 16 heavy (non-hydrogen) atoms. The Bertz CT molecular complexity index is 212. The standard InChI is InChI=1S/C8H17N3O5/c1-10-7(12)6-8(13)11-16-5-3-14-2-4-15-9/h2-6,9H2,1H3,(H,10,12)(H,11,13). The molecule has 0 aromatic rings. The summed E-state index contributed by atoms with van der Waals surface area (Å²) < 4.78 is 5.00. The summed E-state index contributed by atoms with van der Waals surface area (Å²) in [7, 11) is 1.45. The molecule has 94 valence electrons. The zero-order chi connectivity index (χ0) is 12.2. The molecule has 0 fully saturated rings. The number of ether oxygens (including phenoxy) is 1. The predicted molar refractivity (Wildman–Crippen MR) is 53.7 cm³/mol. The van der Waals surface area contributed by atoms with Crippen LogP contribution in [0.2, 0.25) is 0 Å². The second-order valence-electron chi connectivity index (χ2n) is 2.71. The maximum Gasteiger partial charge on any atom is 0.252 e. The van der Waals surface area contributed by atoms with Gasteiger partial charge in [-0.3, -0.25) is 14.4 Å². The van der Waals surface area contributed by atoms with Crippen molar-refractivity contribution in [2.24, 2.45) is 5.90 Å². The summed E-state index contributed by atoms with van der Waals surface area (Å²) >= 11 is 0. The second kappa shape index (κ2) is 10.3. The van der Waals surface area contributed by atoms with Gasteiger partial charge >= 0.3 is 0 Å². The maximum atomic E-state index is 11.0. The molecule has 0 spiro atoms. The summed E-state index contributed by atoms with van der Waals surface area (Å²) in [6, 6.07) is 0. The molecule has 0 aromatic carbocycles. The fourth-order valence-electron chi connectivity index (χ4n) is 0.712. The lowest BCUT2D eigenvalue weighted by atomic mass is 10.4. The SMILES string of the molecule is CNC(=O)CC(=O)NOCCOCCON. The van der Waals surface area contributed by atoms with Gasteiger partial charge in [0.2, 0.25) is 5.91 Å². The lowest BCUT2D eigenvalue weighted by Crippen LogP contribution is -2.31. The Morgan fingerprint density at radius 1 is 1.12 bits per heavy atom. The van der Waals surface area contributed by atoms with Crippen molar-refractivity contribution in [1.29, 1.82) is 0 Å². The van der Waals surface area contributed by atoms with E-state index in [0.29, 0.717) is 19.8 Å². The number of carbonyl (C=O) groups excluding carboxylic acids is 2. The minimum absolute atomic E-state index is 0.185. The van der Waals surface area contributed by atoms with Gasteiger partial charge in [-0.2, -0.15) is 0 Å². The molecule has 0 aliphatic carbocycles. The fraction of sp³-hybridized carbons (Fsp3) is 0.750. The van der Waals surface area contributed by atoms with Crippen LogP contribution in [0.5, 0.6) is 0 Å². The first-order valence-corrected chi connectivity index (χ1v) is 4.71. The molecule has 0 unspecified atom stereocenters. The van der Waals surface area contributed by atoms with E-state index in [4.69, 9.17) is 15.5 Å². The highest BCUT2D eigenvalue weighted by Gasteiger charge is 2.06. The largest absolute Gasteiger partial charge is 0.376 e. The lowest BCUT2D eigenvalue weighted by Gasteiger charge is -2.05. The molecule has 2 amide bonds. The van der Waals surface area contributed by atoms with Gasteiger partial charge in [0.15, 0.2) is 0 Å². The first-order chi connectivity index (χ1) is 7.70. The van der Waals surface area contributed by atoms with Crippen LogP contribution in [0.15, 0.2) is 0 Å². The molecule has 0 bridgehead atoms. The van der Waals surface area contributed by atoms with Crippen molar-refractivity contribution in [3.63, 3.8) is 0 Å². The van der Waals surface area contributed by atoms with E-state index in [1.165, 1.54) is 7.05 Å². The highest BCUT2D eigenvalue weighted by atomic mass is 16.7. The number of hydrogen-bond donors (Lipinski definition) is 3. The number of nitrogens with one attached hydrogen (secondary N) is 2. The normalized spacial score (nSPS) is 9.88. The van der Waals surface area contributed by atoms with Crippen molar-refractivity contribution in [3.8, 4) is 0 Å². The highest BCUT2D eigenvalue weighted by molar-refractivity contribution is 5.96. The molecule has 0 atom stereocenters. The van der Waals surface area contributed by atoms with E-state index in [1.54, 1.807) is 0 Å². The monoisotopic (exact) mass is 235 g/mol. The van der Waals surface area contributed by atoms with Crippen molar-refractivity contribution in [3.05, 3.63) is 0 Å². The minimum Gasteiger partial charge on any atom is -0.376 e. The Kier molecular flexibility index (Phi) is 9.52. The van der Waals surface area contributed by atoms with Crippen LogP contribution in [0.4, 0.5) is 0 Å². The summed E-state index contributed by atoms with van der Waals surface area (Å²) in [5.41, 5.74) is 2.10. The van der Waals surface area contributed by atoms with Crippen LogP contribution in [-0.2, 0) is 24.0 Å². The van der Waals surface area contributed by atoms with Crippen LogP contribution in [0.25, 0.3) is 0 Å². The van der Waals surface area contributed by atoms with Gasteiger partial charge in [0.1, 0.15) is 6.42 Å². The molecule has 0 saturated carbocycles. The number of nitrogens with two attached hydrogens (primary N) is 1. The van der Waals surface area contributed by atoms with Crippen LogP contribution < -0.4 is 16.7 Å². The average molecular weight is 235 g/mol. The van der Waals surface area contributed by atoms with Crippen molar-refractivity contribution in [1.82, 2.24) is 10.8 Å². The molecule has 8 heteroatoms. The smallest absolute Gasteiger partial charge is 0.252 e.